The highest BCUT2D eigenvalue weighted by Gasteiger charge is 2.16. The van der Waals surface area contributed by atoms with Crippen LogP contribution in [0.3, 0.4) is 0 Å². The normalized spacial score (nSPS) is 11.9. The molecule has 0 spiro atoms. The molecule has 0 amide bonds. The van der Waals surface area contributed by atoms with Gasteiger partial charge in [0.1, 0.15) is 6.04 Å². The van der Waals surface area contributed by atoms with Gasteiger partial charge in [0, 0.05) is 12.1 Å². The van der Waals surface area contributed by atoms with Gasteiger partial charge in [0.2, 0.25) is 0 Å². The van der Waals surface area contributed by atoms with Crippen molar-refractivity contribution < 1.29 is 9.90 Å². The number of aryl methyl sites for hydroxylation is 1. The molecular weight excluding hydrogens is 202 g/mol. The number of hydrogen-bond acceptors (Lipinski definition) is 2. The van der Waals surface area contributed by atoms with Crippen LogP contribution in [0.15, 0.2) is 36.5 Å². The lowest BCUT2D eigenvalue weighted by atomic mass is 10.0. The SMILES string of the molecule is C=C(C)N[C@@H](Cc1ccc(C)cc1)C(=O)O. The van der Waals surface area contributed by atoms with Gasteiger partial charge in [-0.3, -0.25) is 0 Å². The number of allylic oxidation sites excluding steroid dienone is 1. The van der Waals surface area contributed by atoms with Crippen LogP contribution in [0.1, 0.15) is 18.1 Å². The van der Waals surface area contributed by atoms with E-state index in [1.165, 1.54) is 5.56 Å². The van der Waals surface area contributed by atoms with Crippen molar-refractivity contribution in [3.63, 3.8) is 0 Å². The van der Waals surface area contributed by atoms with E-state index in [1.807, 2.05) is 31.2 Å². The smallest absolute Gasteiger partial charge is 0.326 e. The number of carboxylic acid groups (broad SMARTS) is 1. The summed E-state index contributed by atoms with van der Waals surface area (Å²) in [5, 5.41) is 11.9. The lowest BCUT2D eigenvalue weighted by Crippen LogP contribution is -2.37. The highest BCUT2D eigenvalue weighted by atomic mass is 16.4. The molecule has 0 unspecified atom stereocenters. The van der Waals surface area contributed by atoms with Crippen molar-refractivity contribution in [1.29, 1.82) is 0 Å². The van der Waals surface area contributed by atoms with Gasteiger partial charge in [-0.1, -0.05) is 36.4 Å². The number of hydrogen-bond donors (Lipinski definition) is 2. The second-order valence-electron chi connectivity index (χ2n) is 4.01. The number of carbonyl (C=O) groups is 1. The minimum atomic E-state index is -0.858. The molecule has 2 N–H and O–H groups in total. The molecule has 0 aliphatic heterocycles. The van der Waals surface area contributed by atoms with E-state index in [1.54, 1.807) is 6.92 Å². The van der Waals surface area contributed by atoms with Crippen LogP contribution >= 0.6 is 0 Å². The first-order chi connectivity index (χ1) is 7.49. The number of aliphatic carboxylic acids is 1. The number of nitrogens with one attached hydrogen (secondary N) is 1. The van der Waals surface area contributed by atoms with Gasteiger partial charge in [-0.25, -0.2) is 4.79 Å². The Labute approximate surface area is 95.8 Å². The fourth-order valence-electron chi connectivity index (χ4n) is 1.46. The Kier molecular flexibility index (Phi) is 4.11. The molecular formula is C13H17NO2. The molecule has 0 saturated carbocycles. The van der Waals surface area contributed by atoms with E-state index in [4.69, 9.17) is 5.11 Å². The maximum absolute atomic E-state index is 11.0. The molecule has 0 heterocycles. The van der Waals surface area contributed by atoms with Gasteiger partial charge >= 0.3 is 5.97 Å². The van der Waals surface area contributed by atoms with Crippen molar-refractivity contribution in [2.24, 2.45) is 0 Å². The summed E-state index contributed by atoms with van der Waals surface area (Å²) < 4.78 is 0. The molecule has 1 atom stereocenters. The molecule has 0 radical (unpaired) electrons. The highest BCUT2D eigenvalue weighted by molar-refractivity contribution is 5.74. The minimum Gasteiger partial charge on any atom is -0.480 e. The van der Waals surface area contributed by atoms with Gasteiger partial charge < -0.3 is 10.4 Å². The molecule has 0 fully saturated rings. The molecule has 1 rings (SSSR count). The van der Waals surface area contributed by atoms with Gasteiger partial charge in [-0.05, 0) is 19.4 Å². The highest BCUT2D eigenvalue weighted by Crippen LogP contribution is 2.07. The first-order valence-electron chi connectivity index (χ1n) is 5.19. The standard InChI is InChI=1S/C13H17NO2/c1-9(2)14-12(13(15)16)8-11-6-4-10(3)5-7-11/h4-7,12,14H,1,8H2,2-3H3,(H,15,16)/t12-/m0/s1. The molecule has 1 aromatic carbocycles. The quantitative estimate of drug-likeness (QED) is 0.797. The molecule has 0 aliphatic carbocycles. The summed E-state index contributed by atoms with van der Waals surface area (Å²) in [6.07, 6.45) is 0.461. The van der Waals surface area contributed by atoms with E-state index in [0.29, 0.717) is 12.1 Å². The topological polar surface area (TPSA) is 49.3 Å². The lowest BCUT2D eigenvalue weighted by molar-refractivity contribution is -0.139. The Hall–Kier alpha value is -1.77. The van der Waals surface area contributed by atoms with E-state index in [0.717, 1.165) is 5.56 Å². The Morgan fingerprint density at radius 2 is 2.00 bits per heavy atom. The summed E-state index contributed by atoms with van der Waals surface area (Å²) in [6, 6.07) is 7.25. The predicted octanol–water partition coefficient (Wildman–Crippen LogP) is 2.11. The Bertz CT molecular complexity index is 381. The van der Waals surface area contributed by atoms with Crippen molar-refractivity contribution >= 4 is 5.97 Å². The summed E-state index contributed by atoms with van der Waals surface area (Å²) in [4.78, 5) is 11.0. The van der Waals surface area contributed by atoms with Crippen LogP contribution < -0.4 is 5.32 Å². The number of carboxylic acids is 1. The first kappa shape index (κ1) is 12.3. The van der Waals surface area contributed by atoms with E-state index in [-0.39, 0.29) is 0 Å². The van der Waals surface area contributed by atoms with Gasteiger partial charge in [-0.2, -0.15) is 0 Å². The maximum atomic E-state index is 11.0. The van der Waals surface area contributed by atoms with E-state index < -0.39 is 12.0 Å². The van der Waals surface area contributed by atoms with Crippen molar-refractivity contribution in [2.75, 3.05) is 0 Å². The van der Waals surface area contributed by atoms with Gasteiger partial charge in [-0.15, -0.1) is 0 Å². The first-order valence-corrected chi connectivity index (χ1v) is 5.19. The number of rotatable bonds is 5. The molecule has 1 aromatic rings. The Morgan fingerprint density at radius 3 is 2.44 bits per heavy atom. The summed E-state index contributed by atoms with van der Waals surface area (Å²) >= 11 is 0. The summed E-state index contributed by atoms with van der Waals surface area (Å²) in [7, 11) is 0. The van der Waals surface area contributed by atoms with Crippen molar-refractivity contribution in [1.82, 2.24) is 5.32 Å². The van der Waals surface area contributed by atoms with E-state index in [9.17, 15) is 4.79 Å². The average molecular weight is 219 g/mol. The molecule has 0 aromatic heterocycles. The molecule has 3 heteroatoms. The molecule has 16 heavy (non-hydrogen) atoms. The Balaban J connectivity index is 2.71. The van der Waals surface area contributed by atoms with Crippen LogP contribution in [-0.2, 0) is 11.2 Å². The average Bonchev–Trinajstić information content (AvgIpc) is 2.19. The monoisotopic (exact) mass is 219 g/mol. The second kappa shape index (κ2) is 5.35. The summed E-state index contributed by atoms with van der Waals surface area (Å²) in [6.45, 7) is 7.42. The van der Waals surface area contributed by atoms with Crippen LogP contribution in [0.5, 0.6) is 0 Å². The largest absolute Gasteiger partial charge is 0.480 e. The van der Waals surface area contributed by atoms with Crippen LogP contribution in [0.25, 0.3) is 0 Å². The third kappa shape index (κ3) is 3.77. The van der Waals surface area contributed by atoms with Crippen LogP contribution in [0, 0.1) is 6.92 Å². The molecule has 0 bridgehead atoms. The molecule has 0 saturated heterocycles. The zero-order chi connectivity index (χ0) is 12.1. The lowest BCUT2D eigenvalue weighted by Gasteiger charge is -2.15. The van der Waals surface area contributed by atoms with Crippen LogP contribution in [-0.4, -0.2) is 17.1 Å². The van der Waals surface area contributed by atoms with E-state index in [2.05, 4.69) is 11.9 Å². The second-order valence-corrected chi connectivity index (χ2v) is 4.01. The van der Waals surface area contributed by atoms with Gasteiger partial charge in [0.05, 0.1) is 0 Å². The van der Waals surface area contributed by atoms with Crippen molar-refractivity contribution in [3.8, 4) is 0 Å². The minimum absolute atomic E-state index is 0.461. The van der Waals surface area contributed by atoms with Crippen molar-refractivity contribution in [3.05, 3.63) is 47.7 Å². The summed E-state index contributed by atoms with van der Waals surface area (Å²) in [5.74, 6) is -0.858. The van der Waals surface area contributed by atoms with Crippen LogP contribution in [0.2, 0.25) is 0 Å². The van der Waals surface area contributed by atoms with Gasteiger partial charge in [0.25, 0.3) is 0 Å². The maximum Gasteiger partial charge on any atom is 0.326 e. The molecule has 0 aliphatic rings. The predicted molar refractivity (Wildman–Crippen MR) is 64.3 cm³/mol. The molecule has 3 nitrogen and oxygen atoms in total. The van der Waals surface area contributed by atoms with Crippen molar-refractivity contribution in [2.45, 2.75) is 26.3 Å². The van der Waals surface area contributed by atoms with Gasteiger partial charge in [0.15, 0.2) is 0 Å². The Morgan fingerprint density at radius 1 is 1.44 bits per heavy atom. The molecule has 86 valence electrons. The van der Waals surface area contributed by atoms with E-state index >= 15 is 0 Å². The van der Waals surface area contributed by atoms with Crippen LogP contribution in [0.4, 0.5) is 0 Å². The fraction of sp³-hybridized carbons (Fsp3) is 0.308. The third-order valence-corrected chi connectivity index (χ3v) is 2.28. The zero-order valence-corrected chi connectivity index (χ0v) is 9.66. The summed E-state index contributed by atoms with van der Waals surface area (Å²) in [5.41, 5.74) is 2.84. The number of benzene rings is 1. The fourth-order valence-corrected chi connectivity index (χ4v) is 1.46. The third-order valence-electron chi connectivity index (χ3n) is 2.28. The zero-order valence-electron chi connectivity index (χ0n) is 9.66.